The fourth-order valence-electron chi connectivity index (χ4n) is 1.83. The molecule has 0 bridgehead atoms. The van der Waals surface area contributed by atoms with Gasteiger partial charge in [0.2, 0.25) is 5.78 Å². The summed E-state index contributed by atoms with van der Waals surface area (Å²) in [5.74, 6) is -0.192. The molecule has 0 saturated heterocycles. The molecule has 3 rings (SSSR count). The molecule has 0 fully saturated rings. The lowest BCUT2D eigenvalue weighted by Gasteiger charge is -2.00. The molecule has 5 heteroatoms. The number of benzene rings is 2. The average Bonchev–Trinajstić information content (AvgIpc) is 2.98. The summed E-state index contributed by atoms with van der Waals surface area (Å²) in [6.07, 6.45) is 0. The predicted octanol–water partition coefficient (Wildman–Crippen LogP) is 3.02. The fraction of sp³-hybridized carbons (Fsp3) is 0. The smallest absolute Gasteiger partial charge is 0.225 e. The van der Waals surface area contributed by atoms with Gasteiger partial charge in [0, 0.05) is 16.8 Å². The van der Waals surface area contributed by atoms with Gasteiger partial charge in [-0.3, -0.25) is 4.79 Å². The molecular formula is C15H11N3OS. The van der Waals surface area contributed by atoms with E-state index in [1.807, 2.05) is 30.3 Å². The molecule has 2 aromatic carbocycles. The second-order valence-corrected chi connectivity index (χ2v) is 5.17. The van der Waals surface area contributed by atoms with Crippen LogP contribution in [-0.2, 0) is 0 Å². The fourth-order valence-corrected chi connectivity index (χ4v) is 2.63. The number of aromatic nitrogens is 2. The third-order valence-corrected chi connectivity index (χ3v) is 3.82. The summed E-state index contributed by atoms with van der Waals surface area (Å²) < 4.78 is 0. The van der Waals surface area contributed by atoms with E-state index in [0.717, 1.165) is 10.6 Å². The molecule has 0 aliphatic carbocycles. The number of para-hydroxylation sites is 1. The highest BCUT2D eigenvalue weighted by Gasteiger charge is 2.17. The molecule has 0 atom stereocenters. The second-order valence-electron chi connectivity index (χ2n) is 4.19. The number of hydrogen-bond acceptors (Lipinski definition) is 5. The Bertz CT molecular complexity index is 753. The van der Waals surface area contributed by atoms with Crippen LogP contribution in [0.5, 0.6) is 0 Å². The monoisotopic (exact) mass is 281 g/mol. The van der Waals surface area contributed by atoms with Crippen molar-refractivity contribution in [3.8, 4) is 10.6 Å². The van der Waals surface area contributed by atoms with E-state index < -0.39 is 0 Å². The number of hydrogen-bond donors (Lipinski definition) is 1. The third kappa shape index (κ3) is 2.31. The van der Waals surface area contributed by atoms with Gasteiger partial charge in [-0.05, 0) is 12.1 Å². The van der Waals surface area contributed by atoms with Crippen molar-refractivity contribution in [3.63, 3.8) is 0 Å². The molecule has 98 valence electrons. The van der Waals surface area contributed by atoms with Crippen molar-refractivity contribution in [3.05, 3.63) is 65.2 Å². The first-order valence-electron chi connectivity index (χ1n) is 6.04. The quantitative estimate of drug-likeness (QED) is 0.592. The first-order chi connectivity index (χ1) is 9.75. The third-order valence-electron chi connectivity index (χ3n) is 2.85. The van der Waals surface area contributed by atoms with Gasteiger partial charge >= 0.3 is 0 Å². The Balaban J connectivity index is 1.95. The Hall–Kier alpha value is -2.53. The molecule has 0 amide bonds. The number of anilines is 1. The van der Waals surface area contributed by atoms with Gasteiger partial charge in [0.05, 0.1) is 0 Å². The number of nitrogens with two attached hydrogens (primary N) is 1. The molecule has 0 aliphatic heterocycles. The van der Waals surface area contributed by atoms with E-state index >= 15 is 0 Å². The number of nitrogens with zero attached hydrogens (tertiary/aromatic N) is 2. The largest absolute Gasteiger partial charge is 0.398 e. The van der Waals surface area contributed by atoms with Gasteiger partial charge in [-0.25, -0.2) is 0 Å². The molecule has 1 aromatic heterocycles. The Morgan fingerprint density at radius 3 is 2.40 bits per heavy atom. The molecule has 0 saturated carbocycles. The zero-order valence-corrected chi connectivity index (χ0v) is 11.3. The Morgan fingerprint density at radius 2 is 1.65 bits per heavy atom. The minimum Gasteiger partial charge on any atom is -0.398 e. The zero-order chi connectivity index (χ0) is 13.9. The highest BCUT2D eigenvalue weighted by molar-refractivity contribution is 7.16. The number of carbonyl (C=O) groups is 1. The van der Waals surface area contributed by atoms with E-state index in [1.54, 1.807) is 24.3 Å². The highest BCUT2D eigenvalue weighted by atomic mass is 32.1. The van der Waals surface area contributed by atoms with E-state index in [0.29, 0.717) is 16.3 Å². The Morgan fingerprint density at radius 1 is 0.950 bits per heavy atom. The summed E-state index contributed by atoms with van der Waals surface area (Å²) in [5.41, 5.74) is 7.68. The highest BCUT2D eigenvalue weighted by Crippen LogP contribution is 2.25. The van der Waals surface area contributed by atoms with E-state index in [9.17, 15) is 4.79 Å². The molecule has 2 N–H and O–H groups in total. The maximum atomic E-state index is 12.3. The second kappa shape index (κ2) is 5.22. The Kier molecular flexibility index (Phi) is 3.26. The summed E-state index contributed by atoms with van der Waals surface area (Å²) in [7, 11) is 0. The summed E-state index contributed by atoms with van der Waals surface area (Å²) in [6, 6.07) is 16.6. The molecule has 1 heterocycles. The summed E-state index contributed by atoms with van der Waals surface area (Å²) in [6.45, 7) is 0. The average molecular weight is 281 g/mol. The lowest BCUT2D eigenvalue weighted by Crippen LogP contribution is -2.04. The Labute approximate surface area is 119 Å². The van der Waals surface area contributed by atoms with Crippen molar-refractivity contribution in [1.29, 1.82) is 0 Å². The standard InChI is InChI=1S/C15H11N3OS/c16-12-9-5-4-8-11(12)13(19)15-18-17-14(20-15)10-6-2-1-3-7-10/h1-9H,16H2. The summed E-state index contributed by atoms with van der Waals surface area (Å²) >= 11 is 1.27. The summed E-state index contributed by atoms with van der Waals surface area (Å²) in [5, 5.41) is 9.12. The van der Waals surface area contributed by atoms with Crippen LogP contribution in [0.4, 0.5) is 5.69 Å². The van der Waals surface area contributed by atoms with E-state index in [-0.39, 0.29) is 5.78 Å². The zero-order valence-electron chi connectivity index (χ0n) is 10.5. The number of nitrogen functional groups attached to an aromatic ring is 1. The van der Waals surface area contributed by atoms with Crippen LogP contribution < -0.4 is 5.73 Å². The van der Waals surface area contributed by atoms with Crippen molar-refractivity contribution in [2.24, 2.45) is 0 Å². The first-order valence-corrected chi connectivity index (χ1v) is 6.85. The van der Waals surface area contributed by atoms with Crippen LogP contribution >= 0.6 is 11.3 Å². The van der Waals surface area contributed by atoms with Crippen molar-refractivity contribution in [1.82, 2.24) is 10.2 Å². The van der Waals surface area contributed by atoms with E-state index in [1.165, 1.54) is 11.3 Å². The predicted molar refractivity (Wildman–Crippen MR) is 79.6 cm³/mol. The topological polar surface area (TPSA) is 68.9 Å². The van der Waals surface area contributed by atoms with Gasteiger partial charge < -0.3 is 5.73 Å². The van der Waals surface area contributed by atoms with Crippen LogP contribution in [0.25, 0.3) is 10.6 Å². The lowest BCUT2D eigenvalue weighted by atomic mass is 10.1. The molecule has 20 heavy (non-hydrogen) atoms. The van der Waals surface area contributed by atoms with Gasteiger partial charge in [0.1, 0.15) is 5.01 Å². The first kappa shape index (κ1) is 12.5. The van der Waals surface area contributed by atoms with Crippen LogP contribution in [0, 0.1) is 0 Å². The molecule has 0 radical (unpaired) electrons. The van der Waals surface area contributed by atoms with Crippen LogP contribution in [0.1, 0.15) is 15.4 Å². The molecule has 0 spiro atoms. The van der Waals surface area contributed by atoms with Gasteiger partial charge in [-0.15, -0.1) is 10.2 Å². The molecule has 0 aliphatic rings. The van der Waals surface area contributed by atoms with Gasteiger partial charge in [0.25, 0.3) is 0 Å². The number of carbonyl (C=O) groups excluding carboxylic acids is 1. The molecule has 0 unspecified atom stereocenters. The summed E-state index contributed by atoms with van der Waals surface area (Å²) in [4.78, 5) is 12.3. The molecular weight excluding hydrogens is 270 g/mol. The SMILES string of the molecule is Nc1ccccc1C(=O)c1nnc(-c2ccccc2)s1. The van der Waals surface area contributed by atoms with E-state index in [4.69, 9.17) is 5.73 Å². The maximum absolute atomic E-state index is 12.3. The minimum atomic E-state index is -0.192. The van der Waals surface area contributed by atoms with Crippen molar-refractivity contribution in [2.75, 3.05) is 5.73 Å². The minimum absolute atomic E-state index is 0.192. The number of ketones is 1. The van der Waals surface area contributed by atoms with E-state index in [2.05, 4.69) is 10.2 Å². The lowest BCUT2D eigenvalue weighted by molar-refractivity contribution is 0.103. The van der Waals surface area contributed by atoms with Crippen molar-refractivity contribution < 1.29 is 4.79 Å². The van der Waals surface area contributed by atoms with Gasteiger partial charge in [-0.1, -0.05) is 53.8 Å². The molecule has 3 aromatic rings. The van der Waals surface area contributed by atoms with Crippen molar-refractivity contribution >= 4 is 22.8 Å². The van der Waals surface area contributed by atoms with Crippen LogP contribution in [-0.4, -0.2) is 16.0 Å². The molecule has 4 nitrogen and oxygen atoms in total. The number of rotatable bonds is 3. The van der Waals surface area contributed by atoms with Crippen LogP contribution in [0.2, 0.25) is 0 Å². The van der Waals surface area contributed by atoms with Gasteiger partial charge in [-0.2, -0.15) is 0 Å². The van der Waals surface area contributed by atoms with Crippen LogP contribution in [0.3, 0.4) is 0 Å². The van der Waals surface area contributed by atoms with Crippen LogP contribution in [0.15, 0.2) is 54.6 Å². The normalized spacial score (nSPS) is 10.4. The van der Waals surface area contributed by atoms with Crippen molar-refractivity contribution in [2.45, 2.75) is 0 Å². The maximum Gasteiger partial charge on any atom is 0.225 e. The van der Waals surface area contributed by atoms with Gasteiger partial charge in [0.15, 0.2) is 5.01 Å².